The second kappa shape index (κ2) is 1.65. The molecule has 0 aromatic rings. The number of hydrogen-bond acceptors (Lipinski definition) is 2. The number of nitrogens with two attached hydrogens (primary N) is 1. The fraction of sp³-hybridized carbons (Fsp3) is 1.00. The molecule has 0 aliphatic carbocycles. The molecule has 0 saturated heterocycles. The summed E-state index contributed by atoms with van der Waals surface area (Å²) < 4.78 is 0. The highest BCUT2D eigenvalue weighted by molar-refractivity contribution is 7.46. The minimum Gasteiger partial charge on any atom is -0.818 e. The lowest BCUT2D eigenvalue weighted by molar-refractivity contribution is -0.158. The predicted octanol–water partition coefficient (Wildman–Crippen LogP) is -0.753. The van der Waals surface area contributed by atoms with Crippen molar-refractivity contribution >= 4 is 8.30 Å². The first-order valence-electron chi connectivity index (χ1n) is 0.888. The molecule has 2 nitrogen and oxygen atoms in total. The van der Waals surface area contributed by atoms with Gasteiger partial charge in [-0.3, -0.25) is 0 Å². The van der Waals surface area contributed by atoms with E-state index in [-0.39, 0.29) is 0 Å². The van der Waals surface area contributed by atoms with Crippen LogP contribution in [0.4, 0.5) is 0 Å². The van der Waals surface area contributed by atoms with Gasteiger partial charge in [0.15, 0.2) is 0 Å². The maximum atomic E-state index is 9.37. The molecule has 0 amide bonds. The van der Waals surface area contributed by atoms with Gasteiger partial charge in [-0.05, 0) is 6.66 Å². The van der Waals surface area contributed by atoms with E-state index in [1.807, 2.05) is 0 Å². The van der Waals surface area contributed by atoms with E-state index in [1.165, 1.54) is 6.66 Å². The van der Waals surface area contributed by atoms with Crippen molar-refractivity contribution in [2.24, 2.45) is 5.50 Å². The summed E-state index contributed by atoms with van der Waals surface area (Å²) >= 11 is 0. The van der Waals surface area contributed by atoms with Crippen LogP contribution in [0.1, 0.15) is 0 Å². The lowest BCUT2D eigenvalue weighted by Crippen LogP contribution is -1.99. The number of rotatable bonds is 0. The molecule has 0 spiro atoms. The van der Waals surface area contributed by atoms with Crippen molar-refractivity contribution in [1.29, 1.82) is 0 Å². The van der Waals surface area contributed by atoms with Gasteiger partial charge in [0.2, 0.25) is 0 Å². The van der Waals surface area contributed by atoms with Crippen LogP contribution in [0.15, 0.2) is 0 Å². The summed E-state index contributed by atoms with van der Waals surface area (Å²) in [7, 11) is -1.37. The average Bonchev–Trinajstić information content (AvgIpc) is 0.811. The molecule has 0 aliphatic heterocycles. The molecule has 0 aromatic heterocycles. The van der Waals surface area contributed by atoms with Gasteiger partial charge < -0.3 is 10.4 Å². The van der Waals surface area contributed by atoms with Gasteiger partial charge in [0.25, 0.3) is 0 Å². The smallest absolute Gasteiger partial charge is 0.0457 e. The Morgan fingerprint density at radius 3 is 2.00 bits per heavy atom. The fourth-order valence-electron chi connectivity index (χ4n) is 0. The molecule has 0 aromatic carbocycles. The lowest BCUT2D eigenvalue weighted by atomic mass is 12.0. The Morgan fingerprint density at radius 1 is 2.00 bits per heavy atom. The van der Waals surface area contributed by atoms with E-state index >= 15 is 0 Å². The molecule has 1 unspecified atom stereocenters. The number of hydrogen-bond donors (Lipinski definition) is 1. The third kappa shape index (κ3) is 35.0. The normalized spacial score (nSPS) is 15.8. The highest BCUT2D eigenvalue weighted by Crippen LogP contribution is 1.97. The van der Waals surface area contributed by atoms with Crippen LogP contribution >= 0.6 is 8.30 Å². The maximum absolute atomic E-state index is 9.37. The minimum absolute atomic E-state index is 1.37. The monoisotopic (exact) mass is 78.0 g/mol. The van der Waals surface area contributed by atoms with Gasteiger partial charge in [-0.1, -0.05) is 0 Å². The molecule has 0 saturated carbocycles. The largest absolute Gasteiger partial charge is 0.818 e. The molecule has 2 N–H and O–H groups in total. The van der Waals surface area contributed by atoms with E-state index in [0.29, 0.717) is 0 Å². The molecular formula is CH5NOP-. The van der Waals surface area contributed by atoms with Crippen molar-refractivity contribution in [2.75, 3.05) is 6.66 Å². The summed E-state index contributed by atoms with van der Waals surface area (Å²) in [6, 6.07) is 0. The van der Waals surface area contributed by atoms with Crippen molar-refractivity contribution in [1.82, 2.24) is 0 Å². The highest BCUT2D eigenvalue weighted by atomic mass is 31.2. The molecule has 4 heavy (non-hydrogen) atoms. The van der Waals surface area contributed by atoms with E-state index < -0.39 is 8.30 Å². The maximum Gasteiger partial charge on any atom is -0.0457 e. The molecule has 3 heteroatoms. The van der Waals surface area contributed by atoms with E-state index in [9.17, 15) is 4.89 Å². The van der Waals surface area contributed by atoms with Gasteiger partial charge in [-0.15, -0.1) is 8.30 Å². The Morgan fingerprint density at radius 2 is 2.00 bits per heavy atom. The Bertz CT molecular complexity index is 12.8. The summed E-state index contributed by atoms with van der Waals surface area (Å²) in [5.74, 6) is 0. The zero-order chi connectivity index (χ0) is 3.58. The Kier molecular flexibility index (Phi) is 1.79. The van der Waals surface area contributed by atoms with Crippen LogP contribution in [-0.4, -0.2) is 6.66 Å². The highest BCUT2D eigenvalue weighted by Gasteiger charge is 1.49. The molecular weight excluding hydrogens is 73.0 g/mol. The SMILES string of the molecule is CP(N)[O-]. The van der Waals surface area contributed by atoms with Gasteiger partial charge >= 0.3 is 0 Å². The van der Waals surface area contributed by atoms with Crippen LogP contribution in [0.5, 0.6) is 0 Å². The third-order valence-electron chi connectivity index (χ3n) is 0. The van der Waals surface area contributed by atoms with E-state index in [4.69, 9.17) is 0 Å². The first-order chi connectivity index (χ1) is 1.73. The quantitative estimate of drug-likeness (QED) is 0.387. The predicted molar refractivity (Wildman–Crippen MR) is 17.0 cm³/mol. The van der Waals surface area contributed by atoms with Crippen LogP contribution < -0.4 is 10.4 Å². The minimum atomic E-state index is -1.37. The topological polar surface area (TPSA) is 49.1 Å². The summed E-state index contributed by atoms with van der Waals surface area (Å²) in [5, 5.41) is 0. The molecule has 1 atom stereocenters. The van der Waals surface area contributed by atoms with Crippen molar-refractivity contribution in [3.63, 3.8) is 0 Å². The molecule has 0 rings (SSSR count). The summed E-state index contributed by atoms with van der Waals surface area (Å²) in [5.41, 5.74) is 4.62. The average molecular weight is 78.0 g/mol. The zero-order valence-electron chi connectivity index (χ0n) is 2.43. The third-order valence-corrected chi connectivity index (χ3v) is 0. The van der Waals surface area contributed by atoms with E-state index in [2.05, 4.69) is 5.50 Å². The van der Waals surface area contributed by atoms with Crippen molar-refractivity contribution in [3.05, 3.63) is 0 Å². The van der Waals surface area contributed by atoms with Gasteiger partial charge in [-0.25, -0.2) is 0 Å². The zero-order valence-corrected chi connectivity index (χ0v) is 3.33. The van der Waals surface area contributed by atoms with Gasteiger partial charge in [-0.2, -0.15) is 0 Å². The molecule has 0 radical (unpaired) electrons. The molecule has 26 valence electrons. The summed E-state index contributed by atoms with van der Waals surface area (Å²) in [4.78, 5) is 9.37. The lowest BCUT2D eigenvalue weighted by Gasteiger charge is -2.04. The summed E-state index contributed by atoms with van der Waals surface area (Å²) in [6.45, 7) is 1.45. The van der Waals surface area contributed by atoms with E-state index in [0.717, 1.165) is 0 Å². The second-order valence-corrected chi connectivity index (χ2v) is 1.64. The van der Waals surface area contributed by atoms with Gasteiger partial charge in [0, 0.05) is 0 Å². The molecule has 0 bridgehead atoms. The fourth-order valence-corrected chi connectivity index (χ4v) is 0. The van der Waals surface area contributed by atoms with Crippen LogP contribution in [0, 0.1) is 0 Å². The Hall–Kier alpha value is 0.350. The Labute approximate surface area is 26.5 Å². The first-order valence-corrected chi connectivity index (χ1v) is 2.66. The van der Waals surface area contributed by atoms with Crippen LogP contribution in [0.25, 0.3) is 0 Å². The van der Waals surface area contributed by atoms with Crippen molar-refractivity contribution in [2.45, 2.75) is 0 Å². The van der Waals surface area contributed by atoms with Gasteiger partial charge in [0.05, 0.1) is 0 Å². The van der Waals surface area contributed by atoms with Gasteiger partial charge in [0.1, 0.15) is 0 Å². The first kappa shape index (κ1) is 4.35. The molecule has 0 fully saturated rings. The second-order valence-electron chi connectivity index (χ2n) is 0.546. The van der Waals surface area contributed by atoms with Crippen LogP contribution in [0.3, 0.4) is 0 Å². The summed E-state index contributed by atoms with van der Waals surface area (Å²) in [6.07, 6.45) is 0. The van der Waals surface area contributed by atoms with Crippen molar-refractivity contribution < 1.29 is 4.89 Å². The standard InChI is InChI=1S/CH5NOP/c1-4(2)3/h2H2,1H3/q-1. The van der Waals surface area contributed by atoms with E-state index in [1.54, 1.807) is 0 Å². The Balaban J connectivity index is 2.32. The van der Waals surface area contributed by atoms with Crippen molar-refractivity contribution in [3.8, 4) is 0 Å². The molecule has 0 aliphatic rings. The van der Waals surface area contributed by atoms with Crippen LogP contribution in [0.2, 0.25) is 0 Å². The van der Waals surface area contributed by atoms with Crippen LogP contribution in [-0.2, 0) is 0 Å². The molecule has 0 heterocycles.